The Morgan fingerprint density at radius 2 is 1.64 bits per heavy atom. The zero-order valence-electron chi connectivity index (χ0n) is 13.9. The second-order valence-electron chi connectivity index (χ2n) is 5.77. The highest BCUT2D eigenvalue weighted by atomic mass is 35.5. The molecule has 2 amide bonds. The Bertz CT molecular complexity index is 746. The van der Waals surface area contributed by atoms with E-state index >= 15 is 0 Å². The number of nitrogens with one attached hydrogen (secondary N) is 2. The second kappa shape index (κ2) is 9.44. The van der Waals surface area contributed by atoms with Crippen LogP contribution in [0.1, 0.15) is 23.1 Å². The highest BCUT2D eigenvalue weighted by Crippen LogP contribution is 2.21. The first-order valence-corrected chi connectivity index (χ1v) is 8.72. The third kappa shape index (κ3) is 6.77. The topological polar surface area (TPSA) is 58.2 Å². The summed E-state index contributed by atoms with van der Waals surface area (Å²) in [7, 11) is 0. The fourth-order valence-electron chi connectivity index (χ4n) is 2.24. The van der Waals surface area contributed by atoms with Gasteiger partial charge < -0.3 is 10.6 Å². The van der Waals surface area contributed by atoms with Crippen LogP contribution in [-0.2, 0) is 22.6 Å². The van der Waals surface area contributed by atoms with Gasteiger partial charge in [-0.3, -0.25) is 9.59 Å². The van der Waals surface area contributed by atoms with Crippen LogP contribution in [-0.4, -0.2) is 18.4 Å². The van der Waals surface area contributed by atoms with E-state index in [1.165, 1.54) is 0 Å². The van der Waals surface area contributed by atoms with Crippen LogP contribution in [0.3, 0.4) is 0 Å². The Morgan fingerprint density at radius 3 is 2.32 bits per heavy atom. The maximum atomic E-state index is 11.8. The monoisotopic (exact) mass is 378 g/mol. The van der Waals surface area contributed by atoms with E-state index in [1.807, 2.05) is 37.3 Å². The van der Waals surface area contributed by atoms with Crippen LogP contribution in [0.25, 0.3) is 0 Å². The van der Waals surface area contributed by atoms with Gasteiger partial charge in [-0.05, 0) is 36.6 Å². The summed E-state index contributed by atoms with van der Waals surface area (Å²) >= 11 is 11.9. The molecule has 0 unspecified atom stereocenters. The molecule has 2 N–H and O–H groups in total. The van der Waals surface area contributed by atoms with Gasteiger partial charge in [0, 0.05) is 23.1 Å². The predicted molar refractivity (Wildman–Crippen MR) is 101 cm³/mol. The molecule has 0 aliphatic carbocycles. The van der Waals surface area contributed by atoms with Gasteiger partial charge in [-0.25, -0.2) is 0 Å². The summed E-state index contributed by atoms with van der Waals surface area (Å²) in [6.07, 6.45) is 0.382. The number of aryl methyl sites for hydroxylation is 1. The highest BCUT2D eigenvalue weighted by Gasteiger charge is 2.09. The third-order valence-corrected chi connectivity index (χ3v) is 4.25. The summed E-state index contributed by atoms with van der Waals surface area (Å²) in [5, 5.41) is 6.59. The molecule has 2 aromatic rings. The number of hydrogen-bond donors (Lipinski definition) is 2. The molecule has 25 heavy (non-hydrogen) atoms. The van der Waals surface area contributed by atoms with Crippen molar-refractivity contribution in [1.82, 2.24) is 10.6 Å². The lowest BCUT2D eigenvalue weighted by Crippen LogP contribution is -2.32. The summed E-state index contributed by atoms with van der Waals surface area (Å²) in [5.41, 5.74) is 3.06. The minimum atomic E-state index is -0.313. The maximum Gasteiger partial charge on any atom is 0.229 e. The Hall–Kier alpha value is -2.04. The number of benzene rings is 2. The van der Waals surface area contributed by atoms with Gasteiger partial charge in [0.05, 0.1) is 0 Å². The van der Waals surface area contributed by atoms with Crippen molar-refractivity contribution in [3.8, 4) is 0 Å². The van der Waals surface area contributed by atoms with Crippen molar-refractivity contribution in [2.75, 3.05) is 6.54 Å². The number of rotatable bonds is 7. The highest BCUT2D eigenvalue weighted by molar-refractivity contribution is 6.35. The lowest BCUT2D eigenvalue weighted by molar-refractivity contribution is -0.129. The van der Waals surface area contributed by atoms with E-state index in [0.717, 1.165) is 16.7 Å². The Labute approximate surface area is 157 Å². The van der Waals surface area contributed by atoms with E-state index in [-0.39, 0.29) is 18.2 Å². The molecular formula is C19H20Cl2N2O2. The number of halogens is 2. The van der Waals surface area contributed by atoms with Crippen molar-refractivity contribution in [2.24, 2.45) is 0 Å². The minimum absolute atomic E-state index is 0.194. The minimum Gasteiger partial charge on any atom is -0.355 e. The Kier molecular flexibility index (Phi) is 7.29. The molecule has 0 spiro atoms. The summed E-state index contributed by atoms with van der Waals surface area (Å²) in [5.74, 6) is -0.617. The molecule has 0 radical (unpaired) electrons. The van der Waals surface area contributed by atoms with E-state index < -0.39 is 0 Å². The van der Waals surface area contributed by atoms with E-state index in [2.05, 4.69) is 10.6 Å². The molecule has 0 aliphatic rings. The molecule has 132 valence electrons. The van der Waals surface area contributed by atoms with Crippen molar-refractivity contribution in [3.63, 3.8) is 0 Å². The first kappa shape index (κ1) is 19.3. The molecule has 0 aromatic heterocycles. The van der Waals surface area contributed by atoms with E-state index in [9.17, 15) is 9.59 Å². The molecular weight excluding hydrogens is 359 g/mol. The summed E-state index contributed by atoms with van der Waals surface area (Å²) in [4.78, 5) is 23.6. The molecule has 0 saturated carbocycles. The molecule has 0 aliphatic heterocycles. The molecule has 0 atom stereocenters. The first-order valence-electron chi connectivity index (χ1n) is 7.97. The van der Waals surface area contributed by atoms with E-state index in [4.69, 9.17) is 23.2 Å². The van der Waals surface area contributed by atoms with Crippen molar-refractivity contribution in [2.45, 2.75) is 26.3 Å². The van der Waals surface area contributed by atoms with Crippen molar-refractivity contribution >= 4 is 35.0 Å². The molecule has 2 rings (SSSR count). The Morgan fingerprint density at radius 1 is 0.960 bits per heavy atom. The SMILES string of the molecule is Cc1ccc(CNC(=O)CC(=O)NCCc2ccc(Cl)cc2Cl)cc1. The first-order chi connectivity index (χ1) is 11.9. The second-order valence-corrected chi connectivity index (χ2v) is 6.62. The van der Waals surface area contributed by atoms with Crippen LogP contribution >= 0.6 is 23.2 Å². The predicted octanol–water partition coefficient (Wildman–Crippen LogP) is 3.67. The number of carbonyl (C=O) groups excluding carboxylic acids is 2. The van der Waals surface area contributed by atoms with Gasteiger partial charge in [0.2, 0.25) is 11.8 Å². The standard InChI is InChI=1S/C19H20Cl2N2O2/c1-13-2-4-14(5-3-13)12-23-19(25)11-18(24)22-9-8-15-6-7-16(20)10-17(15)21/h2-7,10H,8-9,11-12H2,1H3,(H,22,24)(H,23,25). The van der Waals surface area contributed by atoms with Gasteiger partial charge >= 0.3 is 0 Å². The normalized spacial score (nSPS) is 10.4. The van der Waals surface area contributed by atoms with Crippen LogP contribution in [0.15, 0.2) is 42.5 Å². The molecule has 0 bridgehead atoms. The summed E-state index contributed by atoms with van der Waals surface area (Å²) in [6.45, 7) is 2.82. The summed E-state index contributed by atoms with van der Waals surface area (Å²) < 4.78 is 0. The molecule has 2 aromatic carbocycles. The van der Waals surface area contributed by atoms with Crippen molar-refractivity contribution in [1.29, 1.82) is 0 Å². The fraction of sp³-hybridized carbons (Fsp3) is 0.263. The smallest absolute Gasteiger partial charge is 0.229 e. The third-order valence-electron chi connectivity index (χ3n) is 3.66. The van der Waals surface area contributed by atoms with E-state index in [1.54, 1.807) is 12.1 Å². The van der Waals surface area contributed by atoms with Gasteiger partial charge in [-0.2, -0.15) is 0 Å². The van der Waals surface area contributed by atoms with Gasteiger partial charge in [-0.15, -0.1) is 0 Å². The van der Waals surface area contributed by atoms with Crippen LogP contribution in [0, 0.1) is 6.92 Å². The number of amides is 2. The molecule has 0 saturated heterocycles. The lowest BCUT2D eigenvalue weighted by atomic mass is 10.1. The van der Waals surface area contributed by atoms with Crippen LogP contribution < -0.4 is 10.6 Å². The van der Waals surface area contributed by atoms with E-state index in [0.29, 0.717) is 29.6 Å². The zero-order chi connectivity index (χ0) is 18.2. The molecule has 6 heteroatoms. The molecule has 0 heterocycles. The Balaban J connectivity index is 1.68. The molecule has 0 fully saturated rings. The van der Waals surface area contributed by atoms with Crippen LogP contribution in [0.2, 0.25) is 10.0 Å². The molecule has 4 nitrogen and oxygen atoms in total. The zero-order valence-corrected chi connectivity index (χ0v) is 15.5. The quantitative estimate of drug-likeness (QED) is 0.722. The average molecular weight is 379 g/mol. The number of hydrogen-bond acceptors (Lipinski definition) is 2. The average Bonchev–Trinajstić information content (AvgIpc) is 2.56. The largest absolute Gasteiger partial charge is 0.355 e. The lowest BCUT2D eigenvalue weighted by Gasteiger charge is -2.08. The fourth-order valence-corrected chi connectivity index (χ4v) is 2.74. The van der Waals surface area contributed by atoms with Crippen molar-refractivity contribution in [3.05, 3.63) is 69.2 Å². The maximum absolute atomic E-state index is 11.8. The van der Waals surface area contributed by atoms with Gasteiger partial charge in [0.1, 0.15) is 6.42 Å². The van der Waals surface area contributed by atoms with Gasteiger partial charge in [0.15, 0.2) is 0 Å². The van der Waals surface area contributed by atoms with Crippen molar-refractivity contribution < 1.29 is 9.59 Å². The summed E-state index contributed by atoms with van der Waals surface area (Å²) in [6, 6.07) is 13.1. The van der Waals surface area contributed by atoms with Gasteiger partial charge in [0.25, 0.3) is 0 Å². The van der Waals surface area contributed by atoms with Crippen LogP contribution in [0.4, 0.5) is 0 Å². The van der Waals surface area contributed by atoms with Crippen LogP contribution in [0.5, 0.6) is 0 Å². The van der Waals surface area contributed by atoms with Gasteiger partial charge in [-0.1, -0.05) is 59.1 Å². The number of carbonyl (C=O) groups is 2.